The first-order valence-electron chi connectivity index (χ1n) is 8.16. The van der Waals surface area contributed by atoms with Crippen molar-refractivity contribution >= 4 is 10.9 Å². The molecule has 3 fully saturated rings. The van der Waals surface area contributed by atoms with Crippen molar-refractivity contribution in [1.82, 2.24) is 9.88 Å². The van der Waals surface area contributed by atoms with Crippen LogP contribution in [0.4, 0.5) is 0 Å². The number of piperidine rings is 3. The Bertz CT molecular complexity index is 693. The maximum atomic E-state index is 11.0. The van der Waals surface area contributed by atoms with E-state index in [-0.39, 0.29) is 6.04 Å². The van der Waals surface area contributed by atoms with Crippen LogP contribution in [0.1, 0.15) is 24.5 Å². The zero-order valence-electron chi connectivity index (χ0n) is 12.7. The van der Waals surface area contributed by atoms with Gasteiger partial charge in [-0.2, -0.15) is 0 Å². The van der Waals surface area contributed by atoms with Gasteiger partial charge in [0.25, 0.3) is 0 Å². The highest BCUT2D eigenvalue weighted by atomic mass is 16.3. The van der Waals surface area contributed by atoms with Gasteiger partial charge in [-0.05, 0) is 48.9 Å². The number of benzene rings is 1. The number of hydrogen-bond acceptors (Lipinski definition) is 3. The summed E-state index contributed by atoms with van der Waals surface area (Å²) in [5.41, 5.74) is 1.97. The lowest BCUT2D eigenvalue weighted by atomic mass is 9.73. The van der Waals surface area contributed by atoms with E-state index in [2.05, 4.69) is 28.6 Å². The predicted molar refractivity (Wildman–Crippen MR) is 88.5 cm³/mol. The van der Waals surface area contributed by atoms with Crippen molar-refractivity contribution in [3.63, 3.8) is 0 Å². The second-order valence-electron chi connectivity index (χ2n) is 6.61. The monoisotopic (exact) mass is 294 g/mol. The van der Waals surface area contributed by atoms with E-state index in [0.717, 1.165) is 36.0 Å². The molecular weight excluding hydrogens is 272 g/mol. The topological polar surface area (TPSA) is 36.4 Å². The molecule has 1 aromatic heterocycles. The molecule has 2 bridgehead atoms. The predicted octanol–water partition coefficient (Wildman–Crippen LogP) is 3.16. The maximum absolute atomic E-state index is 11.0. The summed E-state index contributed by atoms with van der Waals surface area (Å²) < 4.78 is 0. The molecule has 3 nitrogen and oxygen atoms in total. The Balaban J connectivity index is 1.67. The van der Waals surface area contributed by atoms with Gasteiger partial charge in [0.15, 0.2) is 0 Å². The first-order chi connectivity index (χ1) is 10.8. The number of rotatable bonds is 3. The van der Waals surface area contributed by atoms with Crippen LogP contribution in [0.15, 0.2) is 49.2 Å². The van der Waals surface area contributed by atoms with Crippen molar-refractivity contribution in [2.75, 3.05) is 13.1 Å². The van der Waals surface area contributed by atoms with Crippen molar-refractivity contribution in [2.45, 2.75) is 25.0 Å². The molecule has 4 heterocycles. The number of aliphatic hydroxyl groups is 1. The molecule has 3 aliphatic heterocycles. The number of nitrogens with zero attached hydrogens (tertiary/aromatic N) is 2. The summed E-state index contributed by atoms with van der Waals surface area (Å²) in [7, 11) is 0. The molecule has 3 saturated heterocycles. The van der Waals surface area contributed by atoms with Crippen molar-refractivity contribution < 1.29 is 5.11 Å². The largest absolute Gasteiger partial charge is 0.387 e. The molecule has 0 amide bonds. The summed E-state index contributed by atoms with van der Waals surface area (Å²) in [6.45, 7) is 6.11. The molecule has 0 radical (unpaired) electrons. The highest BCUT2D eigenvalue weighted by Gasteiger charge is 2.42. The van der Waals surface area contributed by atoms with Gasteiger partial charge < -0.3 is 5.11 Å². The average Bonchev–Trinajstić information content (AvgIpc) is 2.60. The molecule has 1 N–H and O–H groups in total. The summed E-state index contributed by atoms with van der Waals surface area (Å²) in [5, 5.41) is 12.1. The summed E-state index contributed by atoms with van der Waals surface area (Å²) in [6, 6.07) is 10.3. The first kappa shape index (κ1) is 13.9. The Morgan fingerprint density at radius 1 is 1.32 bits per heavy atom. The minimum Gasteiger partial charge on any atom is -0.387 e. The fourth-order valence-electron chi connectivity index (χ4n) is 4.29. The van der Waals surface area contributed by atoms with Gasteiger partial charge in [0.1, 0.15) is 0 Å². The molecule has 3 heteroatoms. The summed E-state index contributed by atoms with van der Waals surface area (Å²) >= 11 is 0. The lowest BCUT2D eigenvalue weighted by Crippen LogP contribution is -2.54. The SMILES string of the molecule is C=C[C@@H]1CN2CCC1C[C@@H]2[C@H](O)c1ccnc2ccccc12. The van der Waals surface area contributed by atoms with Gasteiger partial charge in [0, 0.05) is 24.2 Å². The highest BCUT2D eigenvalue weighted by molar-refractivity contribution is 5.82. The quantitative estimate of drug-likeness (QED) is 0.883. The van der Waals surface area contributed by atoms with Gasteiger partial charge in [-0.15, -0.1) is 6.58 Å². The first-order valence-corrected chi connectivity index (χ1v) is 8.16. The van der Waals surface area contributed by atoms with Crippen LogP contribution in [0.5, 0.6) is 0 Å². The molecule has 1 aromatic carbocycles. The van der Waals surface area contributed by atoms with Crippen LogP contribution in [0.2, 0.25) is 0 Å². The van der Waals surface area contributed by atoms with Crippen LogP contribution < -0.4 is 0 Å². The van der Waals surface area contributed by atoms with E-state index in [9.17, 15) is 5.11 Å². The van der Waals surface area contributed by atoms with Gasteiger partial charge >= 0.3 is 0 Å². The Hall–Kier alpha value is -1.71. The number of para-hydroxylation sites is 1. The zero-order chi connectivity index (χ0) is 15.1. The normalized spacial score (nSPS) is 32.0. The molecule has 114 valence electrons. The van der Waals surface area contributed by atoms with E-state index in [0.29, 0.717) is 11.8 Å². The van der Waals surface area contributed by atoms with Gasteiger partial charge in [-0.1, -0.05) is 24.3 Å². The fraction of sp³-hybridized carbons (Fsp3) is 0.421. The number of pyridine rings is 1. The molecule has 0 aliphatic carbocycles. The molecule has 5 rings (SSSR count). The van der Waals surface area contributed by atoms with Crippen molar-refractivity contribution in [1.29, 1.82) is 0 Å². The number of hydrogen-bond donors (Lipinski definition) is 1. The number of fused-ring (bicyclic) bond motifs is 4. The van der Waals surface area contributed by atoms with Crippen molar-refractivity contribution in [2.24, 2.45) is 11.8 Å². The molecule has 3 aliphatic rings. The fourth-order valence-corrected chi connectivity index (χ4v) is 4.29. The van der Waals surface area contributed by atoms with E-state index in [4.69, 9.17) is 0 Å². The van der Waals surface area contributed by atoms with E-state index in [1.54, 1.807) is 0 Å². The lowest BCUT2D eigenvalue weighted by Gasteiger charge is -2.50. The van der Waals surface area contributed by atoms with Crippen LogP contribution in [-0.4, -0.2) is 34.1 Å². The lowest BCUT2D eigenvalue weighted by molar-refractivity contribution is -0.0444. The van der Waals surface area contributed by atoms with E-state index >= 15 is 0 Å². The summed E-state index contributed by atoms with van der Waals surface area (Å²) in [4.78, 5) is 6.86. The maximum Gasteiger partial charge on any atom is 0.0952 e. The molecule has 2 aromatic rings. The van der Waals surface area contributed by atoms with Crippen LogP contribution in [0.3, 0.4) is 0 Å². The Labute approximate surface area is 131 Å². The molecule has 0 spiro atoms. The molecule has 22 heavy (non-hydrogen) atoms. The third kappa shape index (κ3) is 2.16. The number of aliphatic hydroxyl groups excluding tert-OH is 1. The Morgan fingerprint density at radius 2 is 2.18 bits per heavy atom. The van der Waals surface area contributed by atoms with E-state index in [1.807, 2.05) is 30.5 Å². The van der Waals surface area contributed by atoms with E-state index < -0.39 is 6.10 Å². The second kappa shape index (κ2) is 5.49. The van der Waals surface area contributed by atoms with Crippen LogP contribution in [0, 0.1) is 11.8 Å². The van der Waals surface area contributed by atoms with Gasteiger partial charge in [-0.25, -0.2) is 0 Å². The molecule has 5 atom stereocenters. The van der Waals surface area contributed by atoms with Crippen molar-refractivity contribution in [3.8, 4) is 0 Å². The summed E-state index contributed by atoms with van der Waals surface area (Å²) in [6.07, 6.45) is 5.76. The molecule has 2 unspecified atom stereocenters. The Kier molecular flexibility index (Phi) is 3.47. The molecular formula is C19H22N2O. The molecule has 0 saturated carbocycles. The average molecular weight is 294 g/mol. The standard InChI is InChI=1S/C19H22N2O/c1-2-13-12-21-10-8-14(13)11-18(21)19(22)16-7-9-20-17-6-4-3-5-15(16)17/h2-7,9,13-14,18-19,22H,1,8,10-12H2/t13-,14?,18-,19-/m1/s1. The smallest absolute Gasteiger partial charge is 0.0952 e. The van der Waals surface area contributed by atoms with Crippen LogP contribution in [0.25, 0.3) is 10.9 Å². The highest BCUT2D eigenvalue weighted by Crippen LogP contribution is 2.41. The third-order valence-corrected chi connectivity index (χ3v) is 5.52. The Morgan fingerprint density at radius 3 is 2.95 bits per heavy atom. The zero-order valence-corrected chi connectivity index (χ0v) is 12.7. The minimum atomic E-state index is -0.443. The van der Waals surface area contributed by atoms with Gasteiger partial charge in [0.05, 0.1) is 11.6 Å². The van der Waals surface area contributed by atoms with Gasteiger partial charge in [0.2, 0.25) is 0 Å². The second-order valence-corrected chi connectivity index (χ2v) is 6.61. The number of aromatic nitrogens is 1. The van der Waals surface area contributed by atoms with E-state index in [1.165, 1.54) is 6.42 Å². The third-order valence-electron chi connectivity index (χ3n) is 5.52. The van der Waals surface area contributed by atoms with Crippen molar-refractivity contribution in [3.05, 3.63) is 54.7 Å². The minimum absolute atomic E-state index is 0.223. The van der Waals surface area contributed by atoms with Crippen LogP contribution in [-0.2, 0) is 0 Å². The summed E-state index contributed by atoms with van der Waals surface area (Å²) in [5.74, 6) is 1.27. The van der Waals surface area contributed by atoms with Crippen LogP contribution >= 0.6 is 0 Å². The van der Waals surface area contributed by atoms with Gasteiger partial charge in [-0.3, -0.25) is 9.88 Å².